The average Bonchev–Trinajstić information content (AvgIpc) is 2.20. The fourth-order valence-corrected chi connectivity index (χ4v) is 2.01. The molecule has 5 nitrogen and oxygen atoms in total. The lowest BCUT2D eigenvalue weighted by molar-refractivity contribution is 0.0869. The van der Waals surface area contributed by atoms with Crippen molar-refractivity contribution in [1.82, 2.24) is 0 Å². The molecule has 0 heterocycles. The van der Waals surface area contributed by atoms with Gasteiger partial charge in [-0.2, -0.15) is 0 Å². The van der Waals surface area contributed by atoms with E-state index in [9.17, 15) is 17.2 Å². The first-order valence-electron chi connectivity index (χ1n) is 4.93. The van der Waals surface area contributed by atoms with Gasteiger partial charge in [0.25, 0.3) is 0 Å². The highest BCUT2D eigenvalue weighted by Gasteiger charge is 2.22. The van der Waals surface area contributed by atoms with Crippen LogP contribution in [0.15, 0.2) is 17.0 Å². The van der Waals surface area contributed by atoms with Crippen LogP contribution in [-0.4, -0.2) is 28.2 Å². The number of nitrogens with two attached hydrogens (primary N) is 1. The lowest BCUT2D eigenvalue weighted by Gasteiger charge is -2.16. The van der Waals surface area contributed by atoms with E-state index in [4.69, 9.17) is 14.6 Å². The van der Waals surface area contributed by atoms with Gasteiger partial charge in [-0.15, -0.1) is 0 Å². The van der Waals surface area contributed by atoms with Gasteiger partial charge in [0.1, 0.15) is 16.8 Å². The van der Waals surface area contributed by atoms with Crippen LogP contribution in [0.5, 0.6) is 5.75 Å². The molecule has 1 aromatic rings. The molecule has 0 spiro atoms. The second-order valence-electron chi connectivity index (χ2n) is 3.64. The maximum atomic E-state index is 13.5. The number of hydrogen-bond donors (Lipinski definition) is 1. The number of sulfonamides is 1. The van der Waals surface area contributed by atoms with E-state index in [1.165, 1.54) is 7.11 Å². The number of benzene rings is 1. The second-order valence-corrected chi connectivity index (χ2v) is 5.17. The minimum atomic E-state index is -4.28. The second kappa shape index (κ2) is 5.59. The molecule has 1 unspecified atom stereocenters. The Balaban J connectivity index is 3.25. The quantitative estimate of drug-likeness (QED) is 0.874. The summed E-state index contributed by atoms with van der Waals surface area (Å²) in [6, 6.07) is 1.12. The van der Waals surface area contributed by atoms with Crippen molar-refractivity contribution < 1.29 is 26.7 Å². The number of primary sulfonamides is 1. The summed E-state index contributed by atoms with van der Waals surface area (Å²) in [6.45, 7) is 1.65. The van der Waals surface area contributed by atoms with Crippen molar-refractivity contribution in [2.75, 3.05) is 13.7 Å². The molecule has 1 atom stereocenters. The summed E-state index contributed by atoms with van der Waals surface area (Å²) < 4.78 is 58.8. The van der Waals surface area contributed by atoms with Crippen molar-refractivity contribution in [3.8, 4) is 5.75 Å². The maximum Gasteiger partial charge on any atom is 0.241 e. The van der Waals surface area contributed by atoms with E-state index in [-0.39, 0.29) is 6.61 Å². The third-order valence-electron chi connectivity index (χ3n) is 2.00. The van der Waals surface area contributed by atoms with Crippen molar-refractivity contribution in [2.24, 2.45) is 5.14 Å². The largest absolute Gasteiger partial charge is 0.484 e. The predicted molar refractivity (Wildman–Crippen MR) is 59.7 cm³/mol. The van der Waals surface area contributed by atoms with Gasteiger partial charge in [0, 0.05) is 13.2 Å². The molecule has 0 aliphatic rings. The highest BCUT2D eigenvalue weighted by molar-refractivity contribution is 7.89. The molecular weight excluding hydrogens is 268 g/mol. The zero-order valence-electron chi connectivity index (χ0n) is 9.81. The standard InChI is InChI=1S/C10H13F2NO4S/c1-6(5-16-2)17-10-8(12)3-7(11)4-9(10)18(13,14)15/h3-4,6H,5H2,1-2H3,(H2,13,14,15). The Labute approximate surface area is 104 Å². The lowest BCUT2D eigenvalue weighted by Crippen LogP contribution is -2.22. The molecule has 102 valence electrons. The van der Waals surface area contributed by atoms with Crippen molar-refractivity contribution in [3.05, 3.63) is 23.8 Å². The van der Waals surface area contributed by atoms with Gasteiger partial charge in [0.05, 0.1) is 6.61 Å². The molecule has 0 radical (unpaired) electrons. The van der Waals surface area contributed by atoms with Crippen molar-refractivity contribution in [1.29, 1.82) is 0 Å². The summed E-state index contributed by atoms with van der Waals surface area (Å²) in [4.78, 5) is -0.733. The summed E-state index contributed by atoms with van der Waals surface area (Å²) >= 11 is 0. The first-order chi connectivity index (χ1) is 8.25. The van der Waals surface area contributed by atoms with Crippen LogP contribution in [0.25, 0.3) is 0 Å². The highest BCUT2D eigenvalue weighted by Crippen LogP contribution is 2.28. The number of rotatable bonds is 5. The molecule has 0 fully saturated rings. The van der Waals surface area contributed by atoms with Gasteiger partial charge in [0.15, 0.2) is 11.6 Å². The van der Waals surface area contributed by atoms with E-state index in [0.29, 0.717) is 12.1 Å². The van der Waals surface area contributed by atoms with E-state index >= 15 is 0 Å². The van der Waals surface area contributed by atoms with E-state index in [0.717, 1.165) is 0 Å². The van der Waals surface area contributed by atoms with Crippen LogP contribution >= 0.6 is 0 Å². The molecule has 0 aliphatic heterocycles. The number of halogens is 2. The van der Waals surface area contributed by atoms with Gasteiger partial charge in [-0.3, -0.25) is 0 Å². The fraction of sp³-hybridized carbons (Fsp3) is 0.400. The lowest BCUT2D eigenvalue weighted by atomic mass is 10.3. The highest BCUT2D eigenvalue weighted by atomic mass is 32.2. The predicted octanol–water partition coefficient (Wildman–Crippen LogP) is 1.03. The molecule has 0 amide bonds. The van der Waals surface area contributed by atoms with Gasteiger partial charge in [0.2, 0.25) is 10.0 Å². The molecule has 8 heteroatoms. The van der Waals surface area contributed by atoms with Crippen molar-refractivity contribution in [3.63, 3.8) is 0 Å². The molecule has 0 aromatic heterocycles. The Kier molecular flexibility index (Phi) is 4.60. The molecular formula is C10H13F2NO4S. The van der Waals surface area contributed by atoms with Gasteiger partial charge in [-0.05, 0) is 13.0 Å². The smallest absolute Gasteiger partial charge is 0.241 e. The van der Waals surface area contributed by atoms with E-state index in [2.05, 4.69) is 0 Å². The van der Waals surface area contributed by atoms with Crippen molar-refractivity contribution >= 4 is 10.0 Å². The van der Waals surface area contributed by atoms with Gasteiger partial charge in [-0.25, -0.2) is 22.3 Å². The summed E-state index contributed by atoms with van der Waals surface area (Å²) in [7, 11) is -2.88. The van der Waals surface area contributed by atoms with Crippen LogP contribution in [0.4, 0.5) is 8.78 Å². The molecule has 2 N–H and O–H groups in total. The van der Waals surface area contributed by atoms with Crippen molar-refractivity contribution in [2.45, 2.75) is 17.9 Å². The molecule has 0 bridgehead atoms. The number of ether oxygens (including phenoxy) is 2. The Morgan fingerprint density at radius 2 is 2.00 bits per heavy atom. The average molecular weight is 281 g/mol. The Bertz CT molecular complexity index is 533. The van der Waals surface area contributed by atoms with Crippen LogP contribution in [0, 0.1) is 11.6 Å². The van der Waals surface area contributed by atoms with E-state index in [1.54, 1.807) is 6.92 Å². The zero-order valence-corrected chi connectivity index (χ0v) is 10.6. The maximum absolute atomic E-state index is 13.5. The third-order valence-corrected chi connectivity index (χ3v) is 2.92. The van der Waals surface area contributed by atoms with E-state index in [1.807, 2.05) is 0 Å². The summed E-state index contributed by atoms with van der Waals surface area (Å²) in [5, 5.41) is 4.87. The van der Waals surface area contributed by atoms with Gasteiger partial charge >= 0.3 is 0 Å². The Morgan fingerprint density at radius 3 is 2.50 bits per heavy atom. The molecule has 0 aliphatic carbocycles. The van der Waals surface area contributed by atoms with Gasteiger partial charge in [-0.1, -0.05) is 0 Å². The number of methoxy groups -OCH3 is 1. The first-order valence-corrected chi connectivity index (χ1v) is 6.47. The monoisotopic (exact) mass is 281 g/mol. The molecule has 1 aromatic carbocycles. The van der Waals surface area contributed by atoms with Crippen LogP contribution in [0.3, 0.4) is 0 Å². The summed E-state index contributed by atoms with van der Waals surface area (Å²) in [5.74, 6) is -2.80. The van der Waals surface area contributed by atoms with Gasteiger partial charge < -0.3 is 9.47 Å². The Hall–Kier alpha value is -1.25. The third kappa shape index (κ3) is 3.62. The van der Waals surface area contributed by atoms with E-state index < -0.39 is 38.4 Å². The normalized spacial score (nSPS) is 13.4. The Morgan fingerprint density at radius 1 is 1.39 bits per heavy atom. The molecule has 0 saturated heterocycles. The number of hydrogen-bond acceptors (Lipinski definition) is 4. The zero-order chi connectivity index (χ0) is 13.9. The molecule has 18 heavy (non-hydrogen) atoms. The van der Waals surface area contributed by atoms with Crippen LogP contribution in [0.2, 0.25) is 0 Å². The summed E-state index contributed by atoms with van der Waals surface area (Å²) in [6.07, 6.45) is -0.615. The SMILES string of the molecule is COCC(C)Oc1c(F)cc(F)cc1S(N)(=O)=O. The summed E-state index contributed by atoms with van der Waals surface area (Å²) in [5.41, 5.74) is 0. The molecule has 0 saturated carbocycles. The minimum absolute atomic E-state index is 0.112. The first kappa shape index (κ1) is 14.8. The minimum Gasteiger partial charge on any atom is -0.484 e. The van der Waals surface area contributed by atoms with Crippen LogP contribution in [0.1, 0.15) is 6.92 Å². The van der Waals surface area contributed by atoms with Crippen LogP contribution in [-0.2, 0) is 14.8 Å². The molecule has 1 rings (SSSR count). The topological polar surface area (TPSA) is 78.6 Å². The fourth-order valence-electron chi connectivity index (χ4n) is 1.33. The van der Waals surface area contributed by atoms with Crippen LogP contribution < -0.4 is 9.88 Å².